The summed E-state index contributed by atoms with van der Waals surface area (Å²) in [6.07, 6.45) is 0.720. The van der Waals surface area contributed by atoms with Crippen molar-refractivity contribution in [3.8, 4) is 11.5 Å². The number of rotatable bonds is 9. The van der Waals surface area contributed by atoms with Gasteiger partial charge in [0.2, 0.25) is 5.91 Å². The predicted octanol–water partition coefficient (Wildman–Crippen LogP) is 2.27. The number of ether oxygens (including phenoxy) is 2. The molecule has 0 aliphatic rings. The zero-order valence-electron chi connectivity index (χ0n) is 15.3. The minimum Gasteiger partial charge on any atom is -0.497 e. The van der Waals surface area contributed by atoms with Crippen LogP contribution >= 0.6 is 11.6 Å². The largest absolute Gasteiger partial charge is 0.497 e. The van der Waals surface area contributed by atoms with Crippen molar-refractivity contribution >= 4 is 17.5 Å². The molecule has 3 rings (SSSR count). The second kappa shape index (κ2) is 9.70. The van der Waals surface area contributed by atoms with E-state index in [1.807, 2.05) is 24.3 Å². The molecule has 0 radical (unpaired) electrons. The lowest BCUT2D eigenvalue weighted by Gasteiger charge is -2.08. The maximum Gasteiger partial charge on any atom is 0.241 e. The number of halogens is 1. The van der Waals surface area contributed by atoms with Gasteiger partial charge in [-0.25, -0.2) is 4.68 Å². The Bertz CT molecular complexity index is 897. The highest BCUT2D eigenvalue weighted by atomic mass is 35.5. The van der Waals surface area contributed by atoms with Gasteiger partial charge in [0.1, 0.15) is 24.7 Å². The third kappa shape index (κ3) is 5.68. The molecule has 1 heterocycles. The first-order valence-electron chi connectivity index (χ1n) is 8.67. The summed E-state index contributed by atoms with van der Waals surface area (Å²) in [6, 6.07) is 14.7. The lowest BCUT2D eigenvalue weighted by atomic mass is 10.1. The third-order valence-corrected chi connectivity index (χ3v) is 4.23. The van der Waals surface area contributed by atoms with Crippen LogP contribution in [-0.4, -0.2) is 39.8 Å². The zero-order valence-corrected chi connectivity index (χ0v) is 16.1. The van der Waals surface area contributed by atoms with Crippen molar-refractivity contribution in [2.24, 2.45) is 0 Å². The van der Waals surface area contributed by atoms with E-state index in [9.17, 15) is 4.79 Å². The molecule has 0 bridgehead atoms. The molecule has 0 saturated carbocycles. The highest BCUT2D eigenvalue weighted by molar-refractivity contribution is 6.30. The first-order valence-corrected chi connectivity index (χ1v) is 9.05. The van der Waals surface area contributed by atoms with Crippen LogP contribution in [0.2, 0.25) is 5.02 Å². The first kappa shape index (κ1) is 19.6. The van der Waals surface area contributed by atoms with Gasteiger partial charge in [0.25, 0.3) is 0 Å². The van der Waals surface area contributed by atoms with Crippen LogP contribution in [0.4, 0.5) is 0 Å². The molecule has 0 unspecified atom stereocenters. The number of methoxy groups -OCH3 is 1. The van der Waals surface area contributed by atoms with Gasteiger partial charge in [-0.05, 0) is 58.8 Å². The molecule has 1 amide bonds. The highest BCUT2D eigenvalue weighted by Gasteiger charge is 2.11. The molecule has 1 N–H and O–H groups in total. The summed E-state index contributed by atoms with van der Waals surface area (Å²) in [4.78, 5) is 12.2. The molecule has 2 aromatic carbocycles. The van der Waals surface area contributed by atoms with Gasteiger partial charge >= 0.3 is 0 Å². The Balaban J connectivity index is 1.45. The second-order valence-corrected chi connectivity index (χ2v) is 6.38. The van der Waals surface area contributed by atoms with Crippen molar-refractivity contribution in [3.05, 3.63) is 64.9 Å². The predicted molar refractivity (Wildman–Crippen MR) is 103 cm³/mol. The van der Waals surface area contributed by atoms with Crippen LogP contribution in [-0.2, 0) is 24.4 Å². The van der Waals surface area contributed by atoms with E-state index in [2.05, 4.69) is 20.8 Å². The van der Waals surface area contributed by atoms with E-state index in [1.165, 1.54) is 4.68 Å². The number of tetrazole rings is 1. The van der Waals surface area contributed by atoms with Gasteiger partial charge in [0.05, 0.1) is 7.11 Å². The number of hydrogen-bond acceptors (Lipinski definition) is 6. The lowest BCUT2D eigenvalue weighted by Crippen LogP contribution is -2.30. The molecular formula is C19H20ClN5O3. The van der Waals surface area contributed by atoms with Crippen molar-refractivity contribution < 1.29 is 14.3 Å². The normalized spacial score (nSPS) is 10.5. The Labute approximate surface area is 167 Å². The van der Waals surface area contributed by atoms with Crippen LogP contribution in [0.3, 0.4) is 0 Å². The standard InChI is InChI=1S/C19H20ClN5O3/c1-27-16-6-2-14(3-7-16)10-11-21-19(26)12-25-18(22-23-24-25)13-28-17-8-4-15(20)5-9-17/h2-9H,10-13H2,1H3,(H,21,26). The van der Waals surface area contributed by atoms with E-state index in [0.29, 0.717) is 23.1 Å². The van der Waals surface area contributed by atoms with Gasteiger partial charge in [-0.2, -0.15) is 0 Å². The average molecular weight is 402 g/mol. The molecule has 0 spiro atoms. The number of amides is 1. The minimum absolute atomic E-state index is 0.0227. The van der Waals surface area contributed by atoms with E-state index in [0.717, 1.165) is 17.7 Å². The van der Waals surface area contributed by atoms with Crippen LogP contribution in [0.1, 0.15) is 11.4 Å². The Kier molecular flexibility index (Phi) is 6.80. The lowest BCUT2D eigenvalue weighted by molar-refractivity contribution is -0.121. The van der Waals surface area contributed by atoms with Crippen LogP contribution in [0, 0.1) is 0 Å². The number of benzene rings is 2. The summed E-state index contributed by atoms with van der Waals surface area (Å²) < 4.78 is 12.2. The average Bonchev–Trinajstić information content (AvgIpc) is 3.15. The van der Waals surface area contributed by atoms with Gasteiger partial charge in [0.15, 0.2) is 5.82 Å². The molecule has 0 fully saturated rings. The summed E-state index contributed by atoms with van der Waals surface area (Å²) in [6.45, 7) is 0.687. The molecule has 8 nitrogen and oxygen atoms in total. The maximum absolute atomic E-state index is 12.2. The maximum atomic E-state index is 12.2. The Morgan fingerprint density at radius 2 is 1.82 bits per heavy atom. The topological polar surface area (TPSA) is 91.2 Å². The molecule has 146 valence electrons. The van der Waals surface area contributed by atoms with Crippen molar-refractivity contribution in [1.82, 2.24) is 25.5 Å². The van der Waals surface area contributed by atoms with Crippen LogP contribution in [0.15, 0.2) is 48.5 Å². The van der Waals surface area contributed by atoms with Crippen molar-refractivity contribution in [3.63, 3.8) is 0 Å². The smallest absolute Gasteiger partial charge is 0.241 e. The fraction of sp³-hybridized carbons (Fsp3) is 0.263. The van der Waals surface area contributed by atoms with E-state index < -0.39 is 0 Å². The summed E-state index contributed by atoms with van der Waals surface area (Å²) in [5.74, 6) is 1.73. The summed E-state index contributed by atoms with van der Waals surface area (Å²) in [7, 11) is 1.63. The minimum atomic E-state index is -0.173. The third-order valence-electron chi connectivity index (χ3n) is 3.98. The Morgan fingerprint density at radius 3 is 2.54 bits per heavy atom. The zero-order chi connectivity index (χ0) is 19.8. The van der Waals surface area contributed by atoms with Gasteiger partial charge < -0.3 is 14.8 Å². The molecule has 9 heteroatoms. The van der Waals surface area contributed by atoms with Gasteiger partial charge in [-0.15, -0.1) is 5.10 Å². The number of carbonyl (C=O) groups is 1. The van der Waals surface area contributed by atoms with E-state index in [4.69, 9.17) is 21.1 Å². The quantitative estimate of drug-likeness (QED) is 0.591. The van der Waals surface area contributed by atoms with Gasteiger partial charge in [-0.1, -0.05) is 23.7 Å². The number of carbonyl (C=O) groups excluding carboxylic acids is 1. The number of hydrogen-bond donors (Lipinski definition) is 1. The monoisotopic (exact) mass is 401 g/mol. The Hall–Kier alpha value is -3.13. The number of nitrogens with one attached hydrogen (secondary N) is 1. The number of nitrogens with zero attached hydrogens (tertiary/aromatic N) is 4. The Morgan fingerprint density at radius 1 is 1.11 bits per heavy atom. The molecule has 3 aromatic rings. The van der Waals surface area contributed by atoms with Crippen LogP contribution < -0.4 is 14.8 Å². The molecule has 1 aromatic heterocycles. The molecular weight excluding hydrogens is 382 g/mol. The van der Waals surface area contributed by atoms with Gasteiger partial charge in [0, 0.05) is 11.6 Å². The van der Waals surface area contributed by atoms with Gasteiger partial charge in [-0.3, -0.25) is 4.79 Å². The van der Waals surface area contributed by atoms with E-state index >= 15 is 0 Å². The second-order valence-electron chi connectivity index (χ2n) is 5.94. The fourth-order valence-electron chi connectivity index (χ4n) is 2.46. The highest BCUT2D eigenvalue weighted by Crippen LogP contribution is 2.16. The van der Waals surface area contributed by atoms with Crippen LogP contribution in [0.25, 0.3) is 0 Å². The molecule has 0 saturated heterocycles. The van der Waals surface area contributed by atoms with E-state index in [1.54, 1.807) is 31.4 Å². The molecule has 0 aliphatic carbocycles. The van der Waals surface area contributed by atoms with E-state index in [-0.39, 0.29) is 19.1 Å². The number of aromatic nitrogens is 4. The molecule has 0 atom stereocenters. The first-order chi connectivity index (χ1) is 13.6. The summed E-state index contributed by atoms with van der Waals surface area (Å²) >= 11 is 5.85. The molecule has 0 aliphatic heterocycles. The molecule has 28 heavy (non-hydrogen) atoms. The summed E-state index contributed by atoms with van der Waals surface area (Å²) in [5.41, 5.74) is 1.11. The van der Waals surface area contributed by atoms with Crippen molar-refractivity contribution in [1.29, 1.82) is 0 Å². The van der Waals surface area contributed by atoms with Crippen molar-refractivity contribution in [2.45, 2.75) is 19.6 Å². The fourth-order valence-corrected chi connectivity index (χ4v) is 2.58. The SMILES string of the molecule is COc1ccc(CCNC(=O)Cn2nnnc2COc2ccc(Cl)cc2)cc1. The summed E-state index contributed by atoms with van der Waals surface area (Å²) in [5, 5.41) is 14.9. The van der Waals surface area contributed by atoms with Crippen molar-refractivity contribution in [2.75, 3.05) is 13.7 Å². The van der Waals surface area contributed by atoms with Crippen LogP contribution in [0.5, 0.6) is 11.5 Å².